The molecule has 1 aromatic carbocycles. The Labute approximate surface area is 152 Å². The highest BCUT2D eigenvalue weighted by Gasteiger charge is 2.24. The van der Waals surface area contributed by atoms with E-state index in [1.807, 2.05) is 18.2 Å². The van der Waals surface area contributed by atoms with Crippen molar-refractivity contribution >= 4 is 17.6 Å². The highest BCUT2D eigenvalue weighted by molar-refractivity contribution is 5.96. The zero-order chi connectivity index (χ0) is 18.5. The van der Waals surface area contributed by atoms with E-state index in [9.17, 15) is 14.7 Å². The summed E-state index contributed by atoms with van der Waals surface area (Å²) in [6.45, 7) is 0.0865. The second-order valence-corrected chi connectivity index (χ2v) is 6.65. The molecule has 1 saturated carbocycles. The van der Waals surface area contributed by atoms with Gasteiger partial charge in [-0.1, -0.05) is 43.2 Å². The number of anilines is 1. The second-order valence-electron chi connectivity index (χ2n) is 6.65. The molecule has 138 valence electrons. The maximum Gasteiger partial charge on any atom is 0.271 e. The Hall–Kier alpha value is -2.67. The van der Waals surface area contributed by atoms with Crippen LogP contribution in [0.3, 0.4) is 0 Å². The number of benzene rings is 1. The van der Waals surface area contributed by atoms with Crippen molar-refractivity contribution in [2.24, 2.45) is 13.0 Å². The molecule has 3 rings (SSSR count). The van der Waals surface area contributed by atoms with Gasteiger partial charge in [0.15, 0.2) is 5.69 Å². The molecule has 1 fully saturated rings. The van der Waals surface area contributed by atoms with Crippen molar-refractivity contribution in [1.82, 2.24) is 15.1 Å². The maximum atomic E-state index is 12.3. The lowest BCUT2D eigenvalue weighted by molar-refractivity contribution is -0.119. The van der Waals surface area contributed by atoms with E-state index in [0.717, 1.165) is 31.2 Å². The number of amides is 2. The van der Waals surface area contributed by atoms with Crippen LogP contribution in [0.4, 0.5) is 5.82 Å². The summed E-state index contributed by atoms with van der Waals surface area (Å²) in [4.78, 5) is 24.5. The molecular formula is C19H24N4O3. The van der Waals surface area contributed by atoms with Gasteiger partial charge in [-0.05, 0) is 18.4 Å². The van der Waals surface area contributed by atoms with Gasteiger partial charge in [0.2, 0.25) is 5.91 Å². The fraction of sp³-hybridized carbons (Fsp3) is 0.421. The second kappa shape index (κ2) is 8.14. The molecule has 0 bridgehead atoms. The Morgan fingerprint density at radius 2 is 1.96 bits per heavy atom. The number of aryl methyl sites for hydroxylation is 1. The van der Waals surface area contributed by atoms with Crippen LogP contribution in [0, 0.1) is 5.92 Å². The molecule has 0 saturated heterocycles. The van der Waals surface area contributed by atoms with Crippen LogP contribution >= 0.6 is 0 Å². The fourth-order valence-electron chi connectivity index (χ4n) is 3.18. The molecule has 1 aliphatic rings. The number of rotatable bonds is 6. The van der Waals surface area contributed by atoms with Gasteiger partial charge in [-0.3, -0.25) is 14.3 Å². The Morgan fingerprint density at radius 1 is 1.27 bits per heavy atom. The standard InChI is InChI=1S/C19H24N4O3/c1-23-17(21-18(25)14-9-5-6-10-14)11-15(22-23)19(26)20-12-16(24)13-7-3-2-4-8-13/h2-4,7-8,11,14,16,24H,5-6,9-10,12H2,1H3,(H,20,26)(H,21,25). The van der Waals surface area contributed by atoms with Crippen LogP contribution < -0.4 is 10.6 Å². The molecule has 7 nitrogen and oxygen atoms in total. The predicted octanol–water partition coefficient (Wildman–Crippen LogP) is 2.01. The Morgan fingerprint density at radius 3 is 2.65 bits per heavy atom. The zero-order valence-corrected chi connectivity index (χ0v) is 14.8. The lowest BCUT2D eigenvalue weighted by Crippen LogP contribution is -2.28. The van der Waals surface area contributed by atoms with Crippen molar-refractivity contribution < 1.29 is 14.7 Å². The van der Waals surface area contributed by atoms with Crippen LogP contribution in [-0.2, 0) is 11.8 Å². The first-order chi connectivity index (χ1) is 12.5. The molecule has 26 heavy (non-hydrogen) atoms. The normalized spacial score (nSPS) is 15.6. The molecule has 1 unspecified atom stereocenters. The van der Waals surface area contributed by atoms with Crippen LogP contribution in [0.25, 0.3) is 0 Å². The minimum absolute atomic E-state index is 0.0167. The molecular weight excluding hydrogens is 332 g/mol. The van der Waals surface area contributed by atoms with Gasteiger partial charge in [0.1, 0.15) is 5.82 Å². The van der Waals surface area contributed by atoms with Gasteiger partial charge >= 0.3 is 0 Å². The molecule has 2 amide bonds. The van der Waals surface area contributed by atoms with Crippen LogP contribution in [0.2, 0.25) is 0 Å². The average molecular weight is 356 g/mol. The lowest BCUT2D eigenvalue weighted by atomic mass is 10.1. The van der Waals surface area contributed by atoms with E-state index in [4.69, 9.17) is 0 Å². The first kappa shape index (κ1) is 18.1. The van der Waals surface area contributed by atoms with Crippen LogP contribution in [-0.4, -0.2) is 33.2 Å². The summed E-state index contributed by atoms with van der Waals surface area (Å²) >= 11 is 0. The molecule has 1 heterocycles. The smallest absolute Gasteiger partial charge is 0.271 e. The number of hydrogen-bond acceptors (Lipinski definition) is 4. The highest BCUT2D eigenvalue weighted by Crippen LogP contribution is 2.26. The number of carbonyl (C=O) groups is 2. The van der Waals surface area contributed by atoms with E-state index < -0.39 is 12.0 Å². The molecule has 0 aliphatic heterocycles. The van der Waals surface area contributed by atoms with Crippen LogP contribution in [0.5, 0.6) is 0 Å². The zero-order valence-electron chi connectivity index (χ0n) is 14.8. The largest absolute Gasteiger partial charge is 0.387 e. The number of aromatic nitrogens is 2. The Balaban J connectivity index is 1.57. The molecule has 1 aromatic heterocycles. The van der Waals surface area contributed by atoms with Crippen molar-refractivity contribution in [3.8, 4) is 0 Å². The minimum Gasteiger partial charge on any atom is -0.387 e. The lowest BCUT2D eigenvalue weighted by Gasteiger charge is -2.11. The van der Waals surface area contributed by atoms with E-state index in [2.05, 4.69) is 15.7 Å². The van der Waals surface area contributed by atoms with Gasteiger partial charge in [0.05, 0.1) is 6.10 Å². The van der Waals surface area contributed by atoms with Gasteiger partial charge in [0.25, 0.3) is 5.91 Å². The Bertz CT molecular complexity index is 766. The number of aliphatic hydroxyl groups excluding tert-OH is 1. The number of nitrogens with one attached hydrogen (secondary N) is 2. The first-order valence-electron chi connectivity index (χ1n) is 8.90. The number of hydrogen-bond donors (Lipinski definition) is 3. The van der Waals surface area contributed by atoms with E-state index in [0.29, 0.717) is 5.82 Å². The minimum atomic E-state index is -0.787. The summed E-state index contributed by atoms with van der Waals surface area (Å²) in [5.74, 6) is 0.132. The number of nitrogens with zero attached hydrogens (tertiary/aromatic N) is 2. The Kier molecular flexibility index (Phi) is 5.68. The van der Waals surface area contributed by atoms with Crippen LogP contribution in [0.1, 0.15) is 47.8 Å². The molecule has 2 aromatic rings. The topological polar surface area (TPSA) is 96.2 Å². The van der Waals surface area contributed by atoms with E-state index in [1.54, 1.807) is 25.2 Å². The average Bonchev–Trinajstić information content (AvgIpc) is 3.31. The molecule has 1 atom stereocenters. The van der Waals surface area contributed by atoms with Gasteiger partial charge in [0, 0.05) is 25.6 Å². The van der Waals surface area contributed by atoms with Crippen molar-refractivity contribution in [1.29, 1.82) is 0 Å². The molecule has 0 radical (unpaired) electrons. The summed E-state index contributed by atoms with van der Waals surface area (Å²) in [5, 5.41) is 19.8. The summed E-state index contributed by atoms with van der Waals surface area (Å²) in [5.41, 5.74) is 0.938. The predicted molar refractivity (Wildman–Crippen MR) is 97.5 cm³/mol. The molecule has 7 heteroatoms. The van der Waals surface area contributed by atoms with E-state index >= 15 is 0 Å². The number of carbonyl (C=O) groups excluding carboxylic acids is 2. The maximum absolute atomic E-state index is 12.3. The van der Waals surface area contributed by atoms with E-state index in [-0.39, 0.29) is 24.1 Å². The van der Waals surface area contributed by atoms with Crippen molar-refractivity contribution in [2.45, 2.75) is 31.8 Å². The monoisotopic (exact) mass is 356 g/mol. The highest BCUT2D eigenvalue weighted by atomic mass is 16.3. The summed E-state index contributed by atoms with van der Waals surface area (Å²) < 4.78 is 1.48. The summed E-state index contributed by atoms with van der Waals surface area (Å²) in [7, 11) is 1.68. The number of aliphatic hydroxyl groups is 1. The van der Waals surface area contributed by atoms with Crippen molar-refractivity contribution in [2.75, 3.05) is 11.9 Å². The third-order valence-electron chi connectivity index (χ3n) is 4.73. The molecule has 1 aliphatic carbocycles. The third-order valence-corrected chi connectivity index (χ3v) is 4.73. The van der Waals surface area contributed by atoms with Gasteiger partial charge < -0.3 is 15.7 Å². The third kappa shape index (κ3) is 4.29. The van der Waals surface area contributed by atoms with E-state index in [1.165, 1.54) is 4.68 Å². The first-order valence-corrected chi connectivity index (χ1v) is 8.90. The van der Waals surface area contributed by atoms with Gasteiger partial charge in [-0.2, -0.15) is 5.10 Å². The molecule has 3 N–H and O–H groups in total. The summed E-state index contributed by atoms with van der Waals surface area (Å²) in [6.07, 6.45) is 3.20. The van der Waals surface area contributed by atoms with Gasteiger partial charge in [-0.25, -0.2) is 0 Å². The molecule has 0 spiro atoms. The summed E-state index contributed by atoms with van der Waals surface area (Å²) in [6, 6.07) is 10.7. The van der Waals surface area contributed by atoms with Crippen LogP contribution in [0.15, 0.2) is 36.4 Å². The SMILES string of the molecule is Cn1nc(C(=O)NCC(O)c2ccccc2)cc1NC(=O)C1CCCC1. The fourth-order valence-corrected chi connectivity index (χ4v) is 3.18. The van der Waals surface area contributed by atoms with Gasteiger partial charge in [-0.15, -0.1) is 0 Å². The van der Waals surface area contributed by atoms with Crippen molar-refractivity contribution in [3.63, 3.8) is 0 Å². The quantitative estimate of drug-likeness (QED) is 0.738. The van der Waals surface area contributed by atoms with Crippen molar-refractivity contribution in [3.05, 3.63) is 47.7 Å².